The number of nitrogens with one attached hydrogen (secondary N) is 1. The molecule has 2 heterocycles. The Balaban J connectivity index is 1.86. The fourth-order valence-corrected chi connectivity index (χ4v) is 3.25. The zero-order chi connectivity index (χ0) is 16.1. The van der Waals surface area contributed by atoms with Crippen LogP contribution in [0.4, 0.5) is 13.2 Å². The van der Waals surface area contributed by atoms with Crippen molar-refractivity contribution in [1.29, 1.82) is 0 Å². The van der Waals surface area contributed by atoms with E-state index in [1.54, 1.807) is 4.90 Å². The van der Waals surface area contributed by atoms with Gasteiger partial charge in [-0.1, -0.05) is 0 Å². The highest BCUT2D eigenvalue weighted by atomic mass is 19.4. The summed E-state index contributed by atoms with van der Waals surface area (Å²) in [6.07, 6.45) is -3.14. The van der Waals surface area contributed by atoms with Gasteiger partial charge in [0.1, 0.15) is 0 Å². The smallest absolute Gasteiger partial charge is 0.380 e. The number of hydrogen-bond acceptors (Lipinski definition) is 3. The molecule has 122 valence electrons. The summed E-state index contributed by atoms with van der Waals surface area (Å²) >= 11 is 0. The van der Waals surface area contributed by atoms with Crippen molar-refractivity contribution in [1.82, 2.24) is 10.2 Å². The Hall–Kier alpha value is -0.820. The van der Waals surface area contributed by atoms with Crippen LogP contribution in [0.3, 0.4) is 0 Å². The molecule has 0 unspecified atom stereocenters. The number of rotatable bonds is 3. The lowest BCUT2D eigenvalue weighted by atomic mass is 9.68. The van der Waals surface area contributed by atoms with Crippen molar-refractivity contribution in [3.63, 3.8) is 0 Å². The number of β-lactam (4-membered cyclic amide) rings is 1. The molecule has 0 aliphatic carbocycles. The molecule has 2 saturated heterocycles. The molecular weight excluding hydrogens is 285 g/mol. The predicted molar refractivity (Wildman–Crippen MR) is 71.6 cm³/mol. The first kappa shape index (κ1) is 16.5. The van der Waals surface area contributed by atoms with Gasteiger partial charge in [-0.3, -0.25) is 4.79 Å². The zero-order valence-electron chi connectivity index (χ0n) is 12.6. The first-order valence-electron chi connectivity index (χ1n) is 7.27. The molecule has 7 heteroatoms. The Kier molecular flexibility index (Phi) is 4.04. The van der Waals surface area contributed by atoms with Crippen molar-refractivity contribution in [3.05, 3.63) is 0 Å². The van der Waals surface area contributed by atoms with E-state index in [4.69, 9.17) is 0 Å². The van der Waals surface area contributed by atoms with Crippen LogP contribution in [0.2, 0.25) is 0 Å². The Morgan fingerprint density at radius 3 is 2.24 bits per heavy atom. The Morgan fingerprint density at radius 1 is 1.33 bits per heavy atom. The standard InChI is InChI=1S/C14H23F3N2O2/c1-12(2)10(18-11(12)20)9-4-6-19(7-5-9)8-13(3,21)14(15,16)17/h9-10,21H,4-8H2,1-3H3,(H,18,20)/t10-,13-/m0/s1. The number of likely N-dealkylation sites (tertiary alicyclic amines) is 1. The third-order valence-corrected chi connectivity index (χ3v) is 4.90. The van der Waals surface area contributed by atoms with Gasteiger partial charge in [-0.2, -0.15) is 13.2 Å². The molecule has 0 radical (unpaired) electrons. The molecule has 2 fully saturated rings. The van der Waals surface area contributed by atoms with Crippen LogP contribution in [-0.4, -0.2) is 53.4 Å². The lowest BCUT2D eigenvalue weighted by Crippen LogP contribution is -2.68. The second kappa shape index (κ2) is 5.12. The lowest BCUT2D eigenvalue weighted by molar-refractivity contribution is -0.258. The van der Waals surface area contributed by atoms with E-state index in [1.165, 1.54) is 0 Å². The summed E-state index contributed by atoms with van der Waals surface area (Å²) in [4.78, 5) is 13.1. The van der Waals surface area contributed by atoms with Gasteiger partial charge in [0.25, 0.3) is 0 Å². The number of carbonyl (C=O) groups is 1. The lowest BCUT2D eigenvalue weighted by Gasteiger charge is -2.50. The van der Waals surface area contributed by atoms with E-state index in [1.807, 2.05) is 13.8 Å². The van der Waals surface area contributed by atoms with Crippen LogP contribution in [0.25, 0.3) is 0 Å². The van der Waals surface area contributed by atoms with Gasteiger partial charge in [-0.05, 0) is 52.6 Å². The van der Waals surface area contributed by atoms with Gasteiger partial charge in [0, 0.05) is 12.6 Å². The molecule has 2 N–H and O–H groups in total. The molecule has 21 heavy (non-hydrogen) atoms. The molecule has 0 aromatic rings. The number of halogens is 3. The molecule has 2 rings (SSSR count). The first-order chi connectivity index (χ1) is 9.45. The van der Waals surface area contributed by atoms with Crippen LogP contribution in [0.1, 0.15) is 33.6 Å². The zero-order valence-corrected chi connectivity index (χ0v) is 12.6. The van der Waals surface area contributed by atoms with Crippen molar-refractivity contribution < 1.29 is 23.1 Å². The highest BCUT2D eigenvalue weighted by Crippen LogP contribution is 2.39. The second-order valence-electron chi connectivity index (χ2n) is 7.06. The minimum atomic E-state index is -4.62. The van der Waals surface area contributed by atoms with Gasteiger partial charge in [0.15, 0.2) is 5.60 Å². The minimum absolute atomic E-state index is 0.0370. The summed E-state index contributed by atoms with van der Waals surface area (Å²) < 4.78 is 38.0. The Bertz CT molecular complexity index is 413. The van der Waals surface area contributed by atoms with Gasteiger partial charge in [-0.15, -0.1) is 0 Å². The molecule has 0 saturated carbocycles. The second-order valence-corrected chi connectivity index (χ2v) is 7.06. The van der Waals surface area contributed by atoms with E-state index in [9.17, 15) is 23.1 Å². The molecular formula is C14H23F3N2O2. The molecule has 0 spiro atoms. The molecule has 0 aromatic carbocycles. The molecule has 2 atom stereocenters. The summed E-state index contributed by atoms with van der Waals surface area (Å²) in [5.74, 6) is 0.333. The van der Waals surface area contributed by atoms with E-state index < -0.39 is 18.3 Å². The largest absolute Gasteiger partial charge is 0.418 e. The number of alkyl halides is 3. The SMILES string of the molecule is CC1(C)C(=O)N[C@H]1C1CCN(C[C@](C)(O)C(F)(F)F)CC1. The molecule has 0 aromatic heterocycles. The van der Waals surface area contributed by atoms with Crippen molar-refractivity contribution in [2.24, 2.45) is 11.3 Å². The van der Waals surface area contributed by atoms with Gasteiger partial charge in [-0.25, -0.2) is 0 Å². The average Bonchev–Trinajstić information content (AvgIpc) is 2.35. The molecule has 2 aliphatic heterocycles. The first-order valence-corrected chi connectivity index (χ1v) is 7.27. The van der Waals surface area contributed by atoms with E-state index >= 15 is 0 Å². The fraction of sp³-hybridized carbons (Fsp3) is 0.929. The van der Waals surface area contributed by atoms with Crippen LogP contribution < -0.4 is 5.32 Å². The topological polar surface area (TPSA) is 52.6 Å². The van der Waals surface area contributed by atoms with Crippen LogP contribution in [0.15, 0.2) is 0 Å². The van der Waals surface area contributed by atoms with Crippen molar-refractivity contribution in [2.45, 2.75) is 51.4 Å². The quantitative estimate of drug-likeness (QED) is 0.778. The summed E-state index contributed by atoms with van der Waals surface area (Å²) in [6, 6.07) is 0.107. The monoisotopic (exact) mass is 308 g/mol. The highest BCUT2D eigenvalue weighted by Gasteiger charge is 2.53. The maximum absolute atomic E-state index is 12.7. The molecule has 1 amide bonds. The van der Waals surface area contributed by atoms with Crippen LogP contribution in [0, 0.1) is 11.3 Å². The number of carbonyl (C=O) groups excluding carboxylic acids is 1. The van der Waals surface area contributed by atoms with E-state index in [0.29, 0.717) is 19.0 Å². The summed E-state index contributed by atoms with van der Waals surface area (Å²) in [5, 5.41) is 12.4. The number of β-amino-alcohol motifs (C(OH)–C–C–N with tert-alkyl or cyclic N) is 1. The Labute approximate surface area is 122 Å². The van der Waals surface area contributed by atoms with Crippen LogP contribution in [0.5, 0.6) is 0 Å². The maximum atomic E-state index is 12.7. The number of amides is 1. The van der Waals surface area contributed by atoms with Crippen molar-refractivity contribution in [2.75, 3.05) is 19.6 Å². The minimum Gasteiger partial charge on any atom is -0.380 e. The van der Waals surface area contributed by atoms with E-state index in [2.05, 4.69) is 5.32 Å². The van der Waals surface area contributed by atoms with Gasteiger partial charge < -0.3 is 15.3 Å². The maximum Gasteiger partial charge on any atom is 0.418 e. The van der Waals surface area contributed by atoms with Gasteiger partial charge in [0.05, 0.1) is 5.41 Å². The van der Waals surface area contributed by atoms with E-state index in [0.717, 1.165) is 19.8 Å². The average molecular weight is 308 g/mol. The Morgan fingerprint density at radius 2 is 1.86 bits per heavy atom. The summed E-state index contributed by atoms with van der Waals surface area (Å²) in [7, 11) is 0. The summed E-state index contributed by atoms with van der Waals surface area (Å²) in [5.41, 5.74) is -3.06. The molecule has 2 aliphatic rings. The number of aliphatic hydroxyl groups is 1. The van der Waals surface area contributed by atoms with Gasteiger partial charge >= 0.3 is 6.18 Å². The van der Waals surface area contributed by atoms with Crippen molar-refractivity contribution >= 4 is 5.91 Å². The number of piperidine rings is 1. The molecule has 0 bridgehead atoms. The van der Waals surface area contributed by atoms with Crippen molar-refractivity contribution in [3.8, 4) is 0 Å². The normalized spacial score (nSPS) is 30.4. The van der Waals surface area contributed by atoms with Crippen LogP contribution in [-0.2, 0) is 4.79 Å². The third kappa shape index (κ3) is 3.04. The highest BCUT2D eigenvalue weighted by molar-refractivity contribution is 5.89. The van der Waals surface area contributed by atoms with E-state index in [-0.39, 0.29) is 17.4 Å². The van der Waals surface area contributed by atoms with Crippen LogP contribution >= 0.6 is 0 Å². The predicted octanol–water partition coefficient (Wildman–Crippen LogP) is 1.54. The van der Waals surface area contributed by atoms with Gasteiger partial charge in [0.2, 0.25) is 5.91 Å². The third-order valence-electron chi connectivity index (χ3n) is 4.90. The number of nitrogens with zero attached hydrogens (tertiary/aromatic N) is 1. The number of hydrogen-bond donors (Lipinski definition) is 2. The molecule has 4 nitrogen and oxygen atoms in total. The fourth-order valence-electron chi connectivity index (χ4n) is 3.25. The summed E-state index contributed by atoms with van der Waals surface area (Å²) in [6.45, 7) is 5.24.